The number of hydrogen-bond donors (Lipinski definition) is 1. The van der Waals surface area contributed by atoms with Crippen molar-refractivity contribution in [3.8, 4) is 5.88 Å². The minimum absolute atomic E-state index is 0.170. The van der Waals surface area contributed by atoms with Gasteiger partial charge >= 0.3 is 0 Å². The highest BCUT2D eigenvalue weighted by Gasteiger charge is 2.24. The lowest BCUT2D eigenvalue weighted by atomic mass is 10.3. The summed E-state index contributed by atoms with van der Waals surface area (Å²) in [7, 11) is 0. The first-order valence-corrected chi connectivity index (χ1v) is 4.18. The second-order valence-electron chi connectivity index (χ2n) is 2.74. The van der Waals surface area contributed by atoms with Crippen LogP contribution in [0.15, 0.2) is 12.1 Å². The highest BCUT2D eigenvalue weighted by molar-refractivity contribution is 6.29. The lowest BCUT2D eigenvalue weighted by molar-refractivity contribution is -0.122. The zero-order chi connectivity index (χ0) is 9.42. The van der Waals surface area contributed by atoms with Gasteiger partial charge in [-0.2, -0.15) is 4.98 Å². The van der Waals surface area contributed by atoms with Crippen LogP contribution in [0.4, 0.5) is 5.69 Å². The summed E-state index contributed by atoms with van der Waals surface area (Å²) in [6.07, 6.45) is -0.515. The Labute approximate surface area is 79.9 Å². The third-order valence-electron chi connectivity index (χ3n) is 1.74. The number of halogens is 1. The number of rotatable bonds is 0. The Kier molecular flexibility index (Phi) is 1.84. The highest BCUT2D eigenvalue weighted by Crippen LogP contribution is 2.28. The van der Waals surface area contributed by atoms with Crippen LogP contribution in [-0.2, 0) is 4.79 Å². The van der Waals surface area contributed by atoms with E-state index in [2.05, 4.69) is 10.3 Å². The molecule has 0 aliphatic carbocycles. The predicted octanol–water partition coefficient (Wildman–Crippen LogP) is 1.45. The van der Waals surface area contributed by atoms with Gasteiger partial charge in [-0.1, -0.05) is 11.6 Å². The topological polar surface area (TPSA) is 51.2 Å². The van der Waals surface area contributed by atoms with Gasteiger partial charge in [-0.25, -0.2) is 0 Å². The average Bonchev–Trinajstić information content (AvgIpc) is 2.08. The fraction of sp³-hybridized carbons (Fsp3) is 0.250. The molecule has 1 atom stereocenters. The molecule has 68 valence electrons. The lowest BCUT2D eigenvalue weighted by Crippen LogP contribution is -2.34. The molecule has 2 rings (SSSR count). The summed E-state index contributed by atoms with van der Waals surface area (Å²) in [5.74, 6) is 0.205. The standard InChI is InChI=1S/C8H7ClN2O2/c1-4-7(12)10-5-2-3-6(9)11-8(5)13-4/h2-4H,1H3,(H,10,12). The molecule has 4 nitrogen and oxygen atoms in total. The first-order valence-electron chi connectivity index (χ1n) is 3.81. The first kappa shape index (κ1) is 8.31. The number of aromatic nitrogens is 1. The van der Waals surface area contributed by atoms with Crippen molar-refractivity contribution in [1.29, 1.82) is 0 Å². The van der Waals surface area contributed by atoms with E-state index in [-0.39, 0.29) is 5.91 Å². The Morgan fingerprint density at radius 3 is 3.15 bits per heavy atom. The Balaban J connectivity index is 2.42. The second-order valence-corrected chi connectivity index (χ2v) is 3.12. The molecule has 0 fully saturated rings. The molecular weight excluding hydrogens is 192 g/mol. The molecule has 1 unspecified atom stereocenters. The van der Waals surface area contributed by atoms with E-state index in [1.807, 2.05) is 0 Å². The van der Waals surface area contributed by atoms with Crippen molar-refractivity contribution in [3.63, 3.8) is 0 Å². The molecule has 0 saturated carbocycles. The predicted molar refractivity (Wildman–Crippen MR) is 48.0 cm³/mol. The summed E-state index contributed by atoms with van der Waals surface area (Å²) in [5.41, 5.74) is 0.563. The number of carbonyl (C=O) groups excluding carboxylic acids is 1. The molecule has 1 amide bonds. The van der Waals surface area contributed by atoms with Gasteiger partial charge in [0.1, 0.15) is 10.8 Å². The second kappa shape index (κ2) is 2.88. The monoisotopic (exact) mass is 198 g/mol. The van der Waals surface area contributed by atoms with Crippen molar-refractivity contribution in [2.75, 3.05) is 5.32 Å². The molecule has 13 heavy (non-hydrogen) atoms. The Hall–Kier alpha value is -1.29. The Bertz CT molecular complexity index is 367. The molecule has 1 aromatic heterocycles. The maximum Gasteiger partial charge on any atom is 0.265 e. The van der Waals surface area contributed by atoms with Gasteiger partial charge in [0.05, 0.1) is 0 Å². The highest BCUT2D eigenvalue weighted by atomic mass is 35.5. The zero-order valence-electron chi connectivity index (χ0n) is 6.87. The van der Waals surface area contributed by atoms with Crippen molar-refractivity contribution >= 4 is 23.2 Å². The summed E-state index contributed by atoms with van der Waals surface area (Å²) in [5, 5.41) is 3.00. The molecule has 1 aliphatic heterocycles. The van der Waals surface area contributed by atoms with Crippen LogP contribution in [0.3, 0.4) is 0 Å². The lowest BCUT2D eigenvalue weighted by Gasteiger charge is -2.21. The first-order chi connectivity index (χ1) is 6.16. The normalized spacial score (nSPS) is 20.2. The van der Waals surface area contributed by atoms with Gasteiger partial charge in [-0.05, 0) is 19.1 Å². The number of amides is 1. The van der Waals surface area contributed by atoms with E-state index in [0.29, 0.717) is 16.7 Å². The minimum Gasteiger partial charge on any atom is -0.463 e. The van der Waals surface area contributed by atoms with Crippen LogP contribution < -0.4 is 10.1 Å². The van der Waals surface area contributed by atoms with Crippen LogP contribution in [0, 0.1) is 0 Å². The molecule has 5 heteroatoms. The molecule has 0 spiro atoms. The molecule has 2 heterocycles. The number of nitrogens with one attached hydrogen (secondary N) is 1. The third kappa shape index (κ3) is 1.45. The van der Waals surface area contributed by atoms with Crippen molar-refractivity contribution < 1.29 is 9.53 Å². The molecule has 0 aromatic carbocycles. The van der Waals surface area contributed by atoms with E-state index in [9.17, 15) is 4.79 Å². The maximum atomic E-state index is 11.1. The maximum absolute atomic E-state index is 11.1. The fourth-order valence-electron chi connectivity index (χ4n) is 1.06. The third-order valence-corrected chi connectivity index (χ3v) is 1.95. The largest absolute Gasteiger partial charge is 0.463 e. The van der Waals surface area contributed by atoms with Crippen LogP contribution in [-0.4, -0.2) is 17.0 Å². The van der Waals surface area contributed by atoms with Crippen molar-refractivity contribution in [2.45, 2.75) is 13.0 Å². The summed E-state index contributed by atoms with van der Waals surface area (Å²) in [6.45, 7) is 1.65. The van der Waals surface area contributed by atoms with Crippen LogP contribution in [0.5, 0.6) is 5.88 Å². The Morgan fingerprint density at radius 1 is 1.62 bits per heavy atom. The van der Waals surface area contributed by atoms with Crippen LogP contribution in [0.2, 0.25) is 5.15 Å². The molecule has 1 aromatic rings. The van der Waals surface area contributed by atoms with E-state index >= 15 is 0 Å². The molecule has 0 bridgehead atoms. The summed E-state index contributed by atoms with van der Waals surface area (Å²) in [6, 6.07) is 3.26. The van der Waals surface area contributed by atoms with Crippen LogP contribution in [0.25, 0.3) is 0 Å². The summed E-state index contributed by atoms with van der Waals surface area (Å²) >= 11 is 5.66. The number of fused-ring (bicyclic) bond motifs is 1. The van der Waals surface area contributed by atoms with E-state index in [1.54, 1.807) is 19.1 Å². The van der Waals surface area contributed by atoms with Gasteiger partial charge in [0, 0.05) is 0 Å². The van der Waals surface area contributed by atoms with Crippen LogP contribution in [0.1, 0.15) is 6.92 Å². The van der Waals surface area contributed by atoms with Gasteiger partial charge in [-0.15, -0.1) is 0 Å². The van der Waals surface area contributed by atoms with Gasteiger partial charge < -0.3 is 10.1 Å². The number of nitrogens with zero attached hydrogens (tertiary/aromatic N) is 1. The van der Waals surface area contributed by atoms with Crippen molar-refractivity contribution in [2.24, 2.45) is 0 Å². The van der Waals surface area contributed by atoms with E-state index in [4.69, 9.17) is 16.3 Å². The fourth-order valence-corrected chi connectivity index (χ4v) is 1.20. The number of pyridine rings is 1. The van der Waals surface area contributed by atoms with Gasteiger partial charge in [-0.3, -0.25) is 4.79 Å². The SMILES string of the molecule is CC1Oc2nc(Cl)ccc2NC1=O. The van der Waals surface area contributed by atoms with Crippen molar-refractivity contribution in [1.82, 2.24) is 4.98 Å². The number of anilines is 1. The average molecular weight is 199 g/mol. The Morgan fingerprint density at radius 2 is 2.38 bits per heavy atom. The summed E-state index contributed by atoms with van der Waals surface area (Å²) < 4.78 is 5.22. The van der Waals surface area contributed by atoms with Gasteiger partial charge in [0.15, 0.2) is 6.10 Å². The number of ether oxygens (including phenoxy) is 1. The molecule has 1 aliphatic rings. The summed E-state index contributed by atoms with van der Waals surface area (Å²) in [4.78, 5) is 15.1. The molecule has 0 saturated heterocycles. The molecule has 1 N–H and O–H groups in total. The van der Waals surface area contributed by atoms with Gasteiger partial charge in [0.25, 0.3) is 5.91 Å². The zero-order valence-corrected chi connectivity index (χ0v) is 7.63. The van der Waals surface area contributed by atoms with E-state index < -0.39 is 6.10 Å². The smallest absolute Gasteiger partial charge is 0.265 e. The minimum atomic E-state index is -0.515. The number of carbonyl (C=O) groups is 1. The van der Waals surface area contributed by atoms with Crippen molar-refractivity contribution in [3.05, 3.63) is 17.3 Å². The quantitative estimate of drug-likeness (QED) is 0.642. The van der Waals surface area contributed by atoms with Crippen LogP contribution >= 0.6 is 11.6 Å². The van der Waals surface area contributed by atoms with E-state index in [1.165, 1.54) is 0 Å². The van der Waals surface area contributed by atoms with E-state index in [0.717, 1.165) is 0 Å². The number of hydrogen-bond acceptors (Lipinski definition) is 3. The van der Waals surface area contributed by atoms with Gasteiger partial charge in [0.2, 0.25) is 5.88 Å². The molecule has 0 radical (unpaired) electrons. The molecular formula is C8H7ClN2O2.